The van der Waals surface area contributed by atoms with Crippen molar-refractivity contribution in [2.75, 3.05) is 67.9 Å². The second-order valence-corrected chi connectivity index (χ2v) is 18.9. The van der Waals surface area contributed by atoms with Gasteiger partial charge in [-0.15, -0.1) is 6.58 Å². The number of carbonyl (C=O) groups is 6. The highest BCUT2D eigenvalue weighted by atomic mass is 16.6. The summed E-state index contributed by atoms with van der Waals surface area (Å²) in [6.07, 6.45) is 4.96. The van der Waals surface area contributed by atoms with Crippen LogP contribution in [0.4, 0.5) is 14.4 Å². The Kier molecular flexibility index (Phi) is 20.8. The average molecular weight is 1080 g/mol. The zero-order valence-electron chi connectivity index (χ0n) is 44.6. The van der Waals surface area contributed by atoms with E-state index in [9.17, 15) is 28.8 Å². The summed E-state index contributed by atoms with van der Waals surface area (Å²) >= 11 is 0. The summed E-state index contributed by atoms with van der Waals surface area (Å²) in [4.78, 5) is 77.0. The van der Waals surface area contributed by atoms with Crippen LogP contribution in [0.25, 0.3) is 0 Å². The van der Waals surface area contributed by atoms with Crippen molar-refractivity contribution >= 4 is 36.2 Å². The van der Waals surface area contributed by atoms with Gasteiger partial charge in [0.2, 0.25) is 0 Å². The molecule has 3 fully saturated rings. The molecule has 78 heavy (non-hydrogen) atoms. The van der Waals surface area contributed by atoms with Gasteiger partial charge in [-0.2, -0.15) is 0 Å². The minimum Gasteiger partial charge on any atom is -0.497 e. The molecule has 3 aromatic carbocycles. The van der Waals surface area contributed by atoms with Gasteiger partial charge < -0.3 is 63.3 Å². The van der Waals surface area contributed by atoms with E-state index in [0.717, 1.165) is 51.3 Å². The first-order valence-corrected chi connectivity index (χ1v) is 25.7. The van der Waals surface area contributed by atoms with Crippen LogP contribution in [0.5, 0.6) is 23.0 Å². The molecule has 6 heterocycles. The van der Waals surface area contributed by atoms with Gasteiger partial charge in [-0.25, -0.2) is 14.4 Å². The van der Waals surface area contributed by atoms with Gasteiger partial charge >= 0.3 is 36.2 Å². The number of hydrogen-bond donors (Lipinski definition) is 3. The first-order valence-electron chi connectivity index (χ1n) is 25.7. The lowest BCUT2D eigenvalue weighted by Crippen LogP contribution is -2.31. The van der Waals surface area contributed by atoms with Crippen molar-refractivity contribution in [2.45, 2.75) is 101 Å². The predicted molar refractivity (Wildman–Crippen MR) is 281 cm³/mol. The third kappa shape index (κ3) is 14.8. The van der Waals surface area contributed by atoms with Crippen LogP contribution in [0.15, 0.2) is 86.5 Å². The van der Waals surface area contributed by atoms with Gasteiger partial charge in [0.1, 0.15) is 72.6 Å². The number of esters is 3. The summed E-state index contributed by atoms with van der Waals surface area (Å²) in [6, 6.07) is 14.0. The minimum atomic E-state index is -0.438. The summed E-state index contributed by atoms with van der Waals surface area (Å²) < 4.78 is 53.2. The Labute approximate surface area is 453 Å². The van der Waals surface area contributed by atoms with Gasteiger partial charge in [0, 0.05) is 81.3 Å². The third-order valence-corrected chi connectivity index (χ3v) is 13.7. The van der Waals surface area contributed by atoms with Crippen LogP contribution in [0.1, 0.15) is 59.1 Å². The second-order valence-electron chi connectivity index (χ2n) is 18.9. The largest absolute Gasteiger partial charge is 0.497 e. The number of nitrogens with one attached hydrogen (secondary N) is 3. The summed E-state index contributed by atoms with van der Waals surface area (Å²) in [7, 11) is 5.62. The van der Waals surface area contributed by atoms with Crippen LogP contribution < -0.4 is 34.9 Å². The summed E-state index contributed by atoms with van der Waals surface area (Å²) in [6.45, 7) is 16.3. The Hall–Kier alpha value is -7.82. The molecule has 6 aliphatic rings. The molecule has 0 radical (unpaired) electrons. The quantitative estimate of drug-likeness (QED) is 0.0679. The lowest BCUT2D eigenvalue weighted by atomic mass is 10.1. The summed E-state index contributed by atoms with van der Waals surface area (Å²) in [5.74, 6) is 1.89. The zero-order valence-corrected chi connectivity index (χ0v) is 44.6. The molecule has 0 aromatic heterocycles. The average Bonchev–Trinajstić information content (AvgIpc) is 4.35. The van der Waals surface area contributed by atoms with Gasteiger partial charge in [0.15, 0.2) is 0 Å². The highest BCUT2D eigenvalue weighted by Crippen LogP contribution is 2.37. The van der Waals surface area contributed by atoms with Crippen molar-refractivity contribution in [1.29, 1.82) is 0 Å². The number of benzene rings is 3. The fourth-order valence-corrected chi connectivity index (χ4v) is 9.68. The Balaban J connectivity index is 0.000000170. The molecule has 0 spiro atoms. The number of methoxy groups -OCH3 is 4. The van der Waals surface area contributed by atoms with E-state index < -0.39 is 24.2 Å². The topological polar surface area (TPSA) is 241 Å². The standard InChI is InChI=1S/C19H24N2O6.C19H24N2O5.C18H22N2O5/c1-4-5-26-17-8-13(24-2)6-12-10-21(11-15(12)17)19(23)27-14-7-16(20-9-14)18(22)25-3;1-3-4-8-25-17-7-5-6-13-11-21(12-15(13)17)19(23)26-14-9-16(20-10-14)18(22)24-2;1-3-7-24-16-6-4-5-12-10-20(11-14(12)16)18(22)25-13-8-15(19-9-13)17(21)23-2/h4,6,8,14,16,20H,1,5,7,9-11H2,2-3H3;3,5-7,14,16,20H,1,4,8-12H2,2H3;3-6,13,15,19H,1,7-11H2,2H3/t2*14-,16+;13-,15+/m111/s1. The third-order valence-electron chi connectivity index (χ3n) is 13.7. The Morgan fingerprint density at radius 2 is 0.910 bits per heavy atom. The number of ether oxygens (including phenoxy) is 10. The Morgan fingerprint density at radius 3 is 1.31 bits per heavy atom. The molecular weight excluding hydrogens is 1010 g/mol. The van der Waals surface area contributed by atoms with E-state index in [4.69, 9.17) is 47.4 Å². The van der Waals surface area contributed by atoms with Crippen molar-refractivity contribution in [3.8, 4) is 23.0 Å². The molecule has 0 aliphatic carbocycles. The molecule has 3 saturated heterocycles. The van der Waals surface area contributed by atoms with Crippen molar-refractivity contribution in [2.24, 2.45) is 0 Å². The van der Waals surface area contributed by atoms with E-state index >= 15 is 0 Å². The monoisotopic (exact) mass is 1080 g/mol. The molecular formula is C56H70N6O16. The van der Waals surface area contributed by atoms with Gasteiger partial charge in [0.25, 0.3) is 0 Å². The highest BCUT2D eigenvalue weighted by Gasteiger charge is 2.38. The smallest absolute Gasteiger partial charge is 0.410 e. The first-order chi connectivity index (χ1) is 37.8. The minimum absolute atomic E-state index is 0.335. The van der Waals surface area contributed by atoms with E-state index in [-0.39, 0.29) is 48.4 Å². The van der Waals surface area contributed by atoms with Crippen LogP contribution in [0.2, 0.25) is 0 Å². The zero-order chi connectivity index (χ0) is 55.7. The number of hydrogen-bond acceptors (Lipinski definition) is 19. The lowest BCUT2D eigenvalue weighted by molar-refractivity contribution is -0.143. The van der Waals surface area contributed by atoms with Crippen molar-refractivity contribution in [1.82, 2.24) is 30.7 Å². The molecule has 3 N–H and O–H groups in total. The fourth-order valence-electron chi connectivity index (χ4n) is 9.68. The van der Waals surface area contributed by atoms with Crippen molar-refractivity contribution < 1.29 is 76.1 Å². The molecule has 6 aliphatic heterocycles. The lowest BCUT2D eigenvalue weighted by Gasteiger charge is -2.18. The van der Waals surface area contributed by atoms with Crippen LogP contribution in [0.3, 0.4) is 0 Å². The molecule has 3 amide bonds. The molecule has 0 bridgehead atoms. The number of amides is 3. The molecule has 0 unspecified atom stereocenters. The summed E-state index contributed by atoms with van der Waals surface area (Å²) in [5, 5.41) is 9.01. The second kappa shape index (κ2) is 28.0. The van der Waals surface area contributed by atoms with Crippen LogP contribution in [0, 0.1) is 0 Å². The van der Waals surface area contributed by atoms with E-state index in [1.54, 1.807) is 40.0 Å². The molecule has 3 aromatic rings. The first kappa shape index (κ1) is 57.9. The normalized spacial score (nSPS) is 21.2. The summed E-state index contributed by atoms with van der Waals surface area (Å²) in [5.41, 5.74) is 6.03. The van der Waals surface area contributed by atoms with E-state index in [1.807, 2.05) is 48.5 Å². The fraction of sp³-hybridized carbons (Fsp3) is 0.464. The molecule has 22 heteroatoms. The van der Waals surface area contributed by atoms with Gasteiger partial charge in [-0.1, -0.05) is 55.7 Å². The van der Waals surface area contributed by atoms with Crippen LogP contribution in [-0.2, 0) is 82.1 Å². The molecule has 6 atom stereocenters. The SMILES string of the molecule is C=CCCOc1cccc2c1CN(C(=O)O[C@H]1CN[C@H](C(=O)OC)C1)C2.C=CCOc1cc(OC)cc2c1CN(C(=O)O[C@H]1CN[C@H](C(=O)OC)C1)C2.C=CCOc1cccc2c1CN(C(=O)O[C@H]1CN[C@H](C(=O)OC)C1)C2. The van der Waals surface area contributed by atoms with Crippen molar-refractivity contribution in [3.63, 3.8) is 0 Å². The molecule has 0 saturated carbocycles. The molecule has 9 rings (SSSR count). The van der Waals surface area contributed by atoms with Gasteiger partial charge in [-0.3, -0.25) is 29.1 Å². The van der Waals surface area contributed by atoms with Crippen LogP contribution >= 0.6 is 0 Å². The van der Waals surface area contributed by atoms with Crippen molar-refractivity contribution in [3.05, 3.63) is 120 Å². The van der Waals surface area contributed by atoms with E-state index in [1.165, 1.54) is 21.3 Å². The van der Waals surface area contributed by atoms with Crippen LogP contribution in [-0.4, -0.2) is 155 Å². The predicted octanol–water partition coefficient (Wildman–Crippen LogP) is 5.22. The van der Waals surface area contributed by atoms with E-state index in [2.05, 4.69) is 35.7 Å². The number of carbonyl (C=O) groups excluding carboxylic acids is 6. The van der Waals surface area contributed by atoms with E-state index in [0.29, 0.717) is 109 Å². The number of rotatable bonds is 17. The number of nitrogens with zero attached hydrogens (tertiary/aromatic N) is 3. The Morgan fingerprint density at radius 1 is 0.513 bits per heavy atom. The number of fused-ring (bicyclic) bond motifs is 3. The maximum absolute atomic E-state index is 12.6. The maximum Gasteiger partial charge on any atom is 0.410 e. The molecule has 22 nitrogen and oxygen atoms in total. The van der Waals surface area contributed by atoms with Gasteiger partial charge in [0.05, 0.1) is 54.7 Å². The Bertz CT molecular complexity index is 2670. The highest BCUT2D eigenvalue weighted by molar-refractivity contribution is 5.78. The maximum atomic E-state index is 12.6. The molecule has 420 valence electrons. The van der Waals surface area contributed by atoms with Gasteiger partial charge in [-0.05, 0) is 41.3 Å².